The lowest BCUT2D eigenvalue weighted by Crippen LogP contribution is -2.50. The number of nitrogens with zero attached hydrogens (tertiary/aromatic N) is 2. The van der Waals surface area contributed by atoms with Crippen molar-refractivity contribution in [3.8, 4) is 11.4 Å². The van der Waals surface area contributed by atoms with E-state index < -0.39 is 11.0 Å². The summed E-state index contributed by atoms with van der Waals surface area (Å²) in [6, 6.07) is 4.47. The molecule has 0 saturated carbocycles. The minimum atomic E-state index is -0.528. The van der Waals surface area contributed by atoms with Gasteiger partial charge in [-0.3, -0.25) is 0 Å². The van der Waals surface area contributed by atoms with E-state index in [-0.39, 0.29) is 5.82 Å². The third-order valence-corrected chi connectivity index (χ3v) is 4.15. The zero-order chi connectivity index (χ0) is 15.1. The zero-order valence-corrected chi connectivity index (χ0v) is 13.5. The molecule has 2 N–H and O–H groups in total. The van der Waals surface area contributed by atoms with Crippen molar-refractivity contribution >= 4 is 15.9 Å². The van der Waals surface area contributed by atoms with Gasteiger partial charge in [-0.25, -0.2) is 4.39 Å². The van der Waals surface area contributed by atoms with Gasteiger partial charge in [0, 0.05) is 15.6 Å². The number of hydrogen-bond donors (Lipinski definition) is 1. The zero-order valence-electron chi connectivity index (χ0n) is 11.9. The van der Waals surface area contributed by atoms with Crippen LogP contribution >= 0.6 is 15.9 Å². The number of halogens is 2. The number of benzene rings is 1. The maximum Gasteiger partial charge on any atom is 0.234 e. The minimum absolute atomic E-state index is 0.345. The Morgan fingerprint density at radius 2 is 1.85 bits per heavy atom. The van der Waals surface area contributed by atoms with Crippen LogP contribution in [0.15, 0.2) is 27.2 Å². The molecule has 2 aromatic rings. The van der Waals surface area contributed by atoms with E-state index in [0.29, 0.717) is 21.8 Å². The van der Waals surface area contributed by atoms with Gasteiger partial charge in [-0.15, -0.1) is 0 Å². The van der Waals surface area contributed by atoms with E-state index in [1.807, 2.05) is 27.7 Å². The maximum atomic E-state index is 13.4. The van der Waals surface area contributed by atoms with Crippen molar-refractivity contribution in [1.29, 1.82) is 0 Å². The molecule has 20 heavy (non-hydrogen) atoms. The molecule has 4 nitrogen and oxygen atoms in total. The first-order chi connectivity index (χ1) is 9.11. The van der Waals surface area contributed by atoms with E-state index >= 15 is 0 Å². The van der Waals surface area contributed by atoms with Gasteiger partial charge in [0.1, 0.15) is 5.82 Å². The van der Waals surface area contributed by atoms with Gasteiger partial charge in [0.25, 0.3) is 0 Å². The molecular weight excluding hydrogens is 325 g/mol. The second-order valence-electron chi connectivity index (χ2n) is 5.93. The maximum absolute atomic E-state index is 13.4. The Labute approximate surface area is 125 Å². The third kappa shape index (κ3) is 2.76. The van der Waals surface area contributed by atoms with Crippen LogP contribution in [0.4, 0.5) is 4.39 Å². The molecule has 1 aromatic carbocycles. The molecule has 6 heteroatoms. The summed E-state index contributed by atoms with van der Waals surface area (Å²) in [5.74, 6) is 0.414. The Morgan fingerprint density at radius 1 is 1.20 bits per heavy atom. The summed E-state index contributed by atoms with van der Waals surface area (Å²) in [5, 5.41) is 3.92. The summed E-state index contributed by atoms with van der Waals surface area (Å²) in [6.07, 6.45) is 0. The van der Waals surface area contributed by atoms with Crippen molar-refractivity contribution in [1.82, 2.24) is 10.1 Å². The van der Waals surface area contributed by atoms with Gasteiger partial charge in [-0.1, -0.05) is 21.1 Å². The first-order valence-electron chi connectivity index (χ1n) is 6.21. The molecule has 0 unspecified atom stereocenters. The monoisotopic (exact) mass is 341 g/mol. The first kappa shape index (κ1) is 15.1. The summed E-state index contributed by atoms with van der Waals surface area (Å²) in [6.45, 7) is 7.67. The second-order valence-corrected chi connectivity index (χ2v) is 6.84. The average Bonchev–Trinajstić information content (AvgIpc) is 2.75. The summed E-state index contributed by atoms with van der Waals surface area (Å²) in [4.78, 5) is 4.36. The van der Waals surface area contributed by atoms with Gasteiger partial charge >= 0.3 is 0 Å². The van der Waals surface area contributed by atoms with Crippen molar-refractivity contribution in [3.63, 3.8) is 0 Å². The van der Waals surface area contributed by atoms with E-state index in [4.69, 9.17) is 10.3 Å². The highest BCUT2D eigenvalue weighted by Gasteiger charge is 2.40. The van der Waals surface area contributed by atoms with E-state index in [2.05, 4.69) is 26.1 Å². The SMILES string of the molecule is CC(C)(N)C(C)(C)c1nc(-c2cc(F)cc(Br)c2)no1. The molecule has 0 spiro atoms. The minimum Gasteiger partial charge on any atom is -0.338 e. The van der Waals surface area contributed by atoms with Crippen molar-refractivity contribution in [2.24, 2.45) is 5.73 Å². The molecule has 2 rings (SSSR count). The fraction of sp³-hybridized carbons (Fsp3) is 0.429. The normalized spacial score (nSPS) is 12.8. The van der Waals surface area contributed by atoms with Gasteiger partial charge in [-0.2, -0.15) is 4.98 Å². The largest absolute Gasteiger partial charge is 0.338 e. The Bertz CT molecular complexity index is 611. The molecule has 1 heterocycles. The molecule has 0 aliphatic rings. The molecule has 0 fully saturated rings. The highest BCUT2D eigenvalue weighted by atomic mass is 79.9. The van der Waals surface area contributed by atoms with Gasteiger partial charge in [0.2, 0.25) is 11.7 Å². The molecule has 1 aromatic heterocycles. The van der Waals surface area contributed by atoms with E-state index in [1.165, 1.54) is 12.1 Å². The Balaban J connectivity index is 2.43. The lowest BCUT2D eigenvalue weighted by atomic mass is 9.75. The topological polar surface area (TPSA) is 64.9 Å². The standard InChI is InChI=1S/C14H17BrFN3O/c1-13(2,14(3,4)17)12-18-11(19-20-12)8-5-9(15)7-10(16)6-8/h5-7H,17H2,1-4H3. The smallest absolute Gasteiger partial charge is 0.234 e. The highest BCUT2D eigenvalue weighted by molar-refractivity contribution is 9.10. The summed E-state index contributed by atoms with van der Waals surface area (Å²) < 4.78 is 19.3. The predicted octanol–water partition coefficient (Wildman–Crippen LogP) is 3.65. The molecular formula is C14H17BrFN3O. The van der Waals surface area contributed by atoms with Crippen LogP contribution in [0, 0.1) is 5.82 Å². The third-order valence-electron chi connectivity index (χ3n) is 3.69. The second kappa shape index (κ2) is 4.93. The van der Waals surface area contributed by atoms with Crippen LogP contribution < -0.4 is 5.73 Å². The number of rotatable bonds is 3. The molecule has 0 radical (unpaired) electrons. The molecule has 0 bridgehead atoms. The molecule has 0 saturated heterocycles. The summed E-state index contributed by atoms with van der Waals surface area (Å²) >= 11 is 3.24. The Hall–Kier alpha value is -1.27. The average molecular weight is 342 g/mol. The number of hydrogen-bond acceptors (Lipinski definition) is 4. The molecule has 0 aliphatic heterocycles. The Kier molecular flexibility index (Phi) is 3.73. The van der Waals surface area contributed by atoms with Gasteiger partial charge in [-0.05, 0) is 45.9 Å². The fourth-order valence-corrected chi connectivity index (χ4v) is 2.02. The Morgan fingerprint density at radius 3 is 2.40 bits per heavy atom. The molecule has 108 valence electrons. The lowest BCUT2D eigenvalue weighted by molar-refractivity contribution is 0.223. The van der Waals surface area contributed by atoms with E-state index in [0.717, 1.165) is 0 Å². The van der Waals surface area contributed by atoms with E-state index in [1.54, 1.807) is 6.07 Å². The van der Waals surface area contributed by atoms with Crippen LogP contribution in [0.2, 0.25) is 0 Å². The summed E-state index contributed by atoms with van der Waals surface area (Å²) in [7, 11) is 0. The van der Waals surface area contributed by atoms with Gasteiger partial charge in [0.15, 0.2) is 0 Å². The van der Waals surface area contributed by atoms with Crippen molar-refractivity contribution < 1.29 is 8.91 Å². The van der Waals surface area contributed by atoms with Gasteiger partial charge in [0.05, 0.1) is 5.41 Å². The molecule has 0 aliphatic carbocycles. The van der Waals surface area contributed by atoms with Gasteiger partial charge < -0.3 is 10.3 Å². The van der Waals surface area contributed by atoms with Crippen LogP contribution in [-0.4, -0.2) is 15.7 Å². The number of nitrogens with two attached hydrogens (primary N) is 1. The lowest BCUT2D eigenvalue weighted by Gasteiger charge is -2.34. The van der Waals surface area contributed by atoms with Crippen LogP contribution in [0.5, 0.6) is 0 Å². The van der Waals surface area contributed by atoms with Crippen molar-refractivity contribution in [2.45, 2.75) is 38.6 Å². The predicted molar refractivity (Wildman–Crippen MR) is 78.7 cm³/mol. The van der Waals surface area contributed by atoms with Crippen LogP contribution in [0.1, 0.15) is 33.6 Å². The molecule has 0 atom stereocenters. The first-order valence-corrected chi connectivity index (χ1v) is 7.00. The molecule has 0 amide bonds. The van der Waals surface area contributed by atoms with Crippen LogP contribution in [-0.2, 0) is 5.41 Å². The fourth-order valence-electron chi connectivity index (χ4n) is 1.55. The quantitative estimate of drug-likeness (QED) is 0.925. The summed E-state index contributed by atoms with van der Waals surface area (Å²) in [5.41, 5.74) is 5.67. The van der Waals surface area contributed by atoms with Crippen LogP contribution in [0.3, 0.4) is 0 Å². The van der Waals surface area contributed by atoms with Crippen molar-refractivity contribution in [3.05, 3.63) is 34.4 Å². The highest BCUT2D eigenvalue weighted by Crippen LogP contribution is 2.33. The van der Waals surface area contributed by atoms with Crippen LogP contribution in [0.25, 0.3) is 11.4 Å². The van der Waals surface area contributed by atoms with Crippen molar-refractivity contribution in [2.75, 3.05) is 0 Å². The van der Waals surface area contributed by atoms with E-state index in [9.17, 15) is 4.39 Å². The number of aromatic nitrogens is 2.